The molecule has 0 atom stereocenters. The van der Waals surface area contributed by atoms with Crippen LogP contribution in [0.25, 0.3) is 0 Å². The van der Waals surface area contributed by atoms with Crippen molar-refractivity contribution in [1.29, 1.82) is 0 Å². The average molecular weight is 283 g/mol. The molecule has 0 aliphatic heterocycles. The molecule has 0 aliphatic rings. The lowest BCUT2D eigenvalue weighted by Gasteiger charge is -2.14. The second kappa shape index (κ2) is 6.88. The zero-order valence-corrected chi connectivity index (χ0v) is 12.7. The quantitative estimate of drug-likeness (QED) is 0.860. The van der Waals surface area contributed by atoms with Crippen LogP contribution in [0.4, 0.5) is 17.2 Å². The highest BCUT2D eigenvalue weighted by molar-refractivity contribution is 5.89. The maximum absolute atomic E-state index is 11.3. The first-order valence-electron chi connectivity index (χ1n) is 7.22. The molecule has 1 amide bonds. The van der Waals surface area contributed by atoms with E-state index in [0.29, 0.717) is 18.2 Å². The smallest absolute Gasteiger partial charge is 0.225 e. The Morgan fingerprint density at radius 3 is 2.57 bits per heavy atom. The first kappa shape index (κ1) is 15.0. The van der Waals surface area contributed by atoms with Gasteiger partial charge in [0.2, 0.25) is 5.91 Å². The third kappa shape index (κ3) is 4.05. The number of nitrogens with one attached hydrogen (secondary N) is 2. The number of carbonyl (C=O) groups excluding carboxylic acids is 1. The van der Waals surface area contributed by atoms with Crippen LogP contribution in [0.1, 0.15) is 38.7 Å². The van der Waals surface area contributed by atoms with Crippen LogP contribution >= 0.6 is 0 Å². The summed E-state index contributed by atoms with van der Waals surface area (Å²) in [6.07, 6.45) is 2.17. The average Bonchev–Trinajstić information content (AvgIpc) is 2.49. The Kier molecular flexibility index (Phi) is 4.93. The fraction of sp³-hybridized carbons (Fsp3) is 0.294. The van der Waals surface area contributed by atoms with E-state index < -0.39 is 0 Å². The highest BCUT2D eigenvalue weighted by Gasteiger charge is 2.06. The lowest BCUT2D eigenvalue weighted by atomic mass is 10.0. The largest absolute Gasteiger partial charge is 0.354 e. The molecule has 2 rings (SSSR count). The van der Waals surface area contributed by atoms with Gasteiger partial charge in [-0.2, -0.15) is 0 Å². The van der Waals surface area contributed by atoms with Gasteiger partial charge in [-0.15, -0.1) is 0 Å². The number of benzene rings is 1. The first-order chi connectivity index (χ1) is 10.1. The maximum atomic E-state index is 11.3. The first-order valence-corrected chi connectivity index (χ1v) is 7.22. The van der Waals surface area contributed by atoms with Crippen molar-refractivity contribution in [2.45, 2.75) is 33.1 Å². The summed E-state index contributed by atoms with van der Waals surface area (Å²) in [5.74, 6) is 0.989. The normalized spacial score (nSPS) is 10.5. The Balaban J connectivity index is 2.12. The zero-order chi connectivity index (χ0) is 15.2. The van der Waals surface area contributed by atoms with Gasteiger partial charge in [-0.1, -0.05) is 39.0 Å². The summed E-state index contributed by atoms with van der Waals surface area (Å²) in [4.78, 5) is 15.6. The molecule has 0 fully saturated rings. The minimum absolute atomic E-state index is 0.0339. The van der Waals surface area contributed by atoms with E-state index in [4.69, 9.17) is 0 Å². The van der Waals surface area contributed by atoms with Crippen molar-refractivity contribution in [3.8, 4) is 0 Å². The van der Waals surface area contributed by atoms with Crippen LogP contribution in [0.5, 0.6) is 0 Å². The molecule has 1 aromatic heterocycles. The van der Waals surface area contributed by atoms with E-state index in [-0.39, 0.29) is 5.91 Å². The zero-order valence-electron chi connectivity index (χ0n) is 12.7. The second-order valence-electron chi connectivity index (χ2n) is 5.20. The van der Waals surface area contributed by atoms with Crippen LogP contribution in [-0.2, 0) is 4.79 Å². The summed E-state index contributed by atoms with van der Waals surface area (Å²) < 4.78 is 0. The Labute approximate surface area is 125 Å². The highest BCUT2D eigenvalue weighted by atomic mass is 16.1. The fourth-order valence-corrected chi connectivity index (χ4v) is 2.04. The fourth-order valence-electron chi connectivity index (χ4n) is 2.04. The van der Waals surface area contributed by atoms with Crippen molar-refractivity contribution in [2.24, 2.45) is 0 Å². The number of aromatic nitrogens is 1. The van der Waals surface area contributed by atoms with Crippen molar-refractivity contribution in [3.63, 3.8) is 0 Å². The number of nitrogens with zero attached hydrogens (tertiary/aromatic N) is 1. The van der Waals surface area contributed by atoms with Crippen LogP contribution in [0.15, 0.2) is 42.6 Å². The Morgan fingerprint density at radius 2 is 1.95 bits per heavy atom. The summed E-state index contributed by atoms with van der Waals surface area (Å²) in [5, 5.41) is 6.11. The van der Waals surface area contributed by atoms with E-state index >= 15 is 0 Å². The van der Waals surface area contributed by atoms with Crippen molar-refractivity contribution < 1.29 is 4.79 Å². The Hall–Kier alpha value is -2.36. The molecule has 4 heteroatoms. The maximum Gasteiger partial charge on any atom is 0.225 e. The van der Waals surface area contributed by atoms with E-state index in [1.807, 2.05) is 25.1 Å². The lowest BCUT2D eigenvalue weighted by molar-refractivity contribution is -0.115. The Bertz CT molecular complexity index is 606. The lowest BCUT2D eigenvalue weighted by Crippen LogP contribution is -2.10. The molecule has 1 aromatic carbocycles. The van der Waals surface area contributed by atoms with Gasteiger partial charge >= 0.3 is 0 Å². The second-order valence-corrected chi connectivity index (χ2v) is 5.20. The Morgan fingerprint density at radius 1 is 1.19 bits per heavy atom. The number of carbonyl (C=O) groups is 1. The number of hydrogen-bond acceptors (Lipinski definition) is 3. The summed E-state index contributed by atoms with van der Waals surface area (Å²) in [5.41, 5.74) is 3.25. The summed E-state index contributed by atoms with van der Waals surface area (Å²) in [7, 11) is 0. The molecule has 0 radical (unpaired) electrons. The third-order valence-corrected chi connectivity index (χ3v) is 3.21. The third-order valence-electron chi connectivity index (χ3n) is 3.21. The van der Waals surface area contributed by atoms with Gasteiger partial charge in [0.1, 0.15) is 5.82 Å². The summed E-state index contributed by atoms with van der Waals surface area (Å²) in [6.45, 7) is 6.15. The molecule has 2 N–H and O–H groups in total. The summed E-state index contributed by atoms with van der Waals surface area (Å²) >= 11 is 0. The van der Waals surface area contributed by atoms with Gasteiger partial charge < -0.3 is 10.6 Å². The predicted molar refractivity (Wildman–Crippen MR) is 87.0 cm³/mol. The van der Waals surface area contributed by atoms with Crippen LogP contribution < -0.4 is 10.6 Å². The molecule has 0 aliphatic carbocycles. The predicted octanol–water partition coefficient (Wildman–Crippen LogP) is 4.30. The molecule has 1 heterocycles. The minimum Gasteiger partial charge on any atom is -0.354 e. The van der Waals surface area contributed by atoms with E-state index in [2.05, 4.69) is 41.6 Å². The molecule has 0 spiro atoms. The van der Waals surface area contributed by atoms with Gasteiger partial charge in [0.05, 0.1) is 11.9 Å². The topological polar surface area (TPSA) is 54.0 Å². The number of rotatable bonds is 5. The van der Waals surface area contributed by atoms with E-state index in [9.17, 15) is 4.79 Å². The van der Waals surface area contributed by atoms with Crippen LogP contribution in [0.2, 0.25) is 0 Å². The molecule has 110 valence electrons. The summed E-state index contributed by atoms with van der Waals surface area (Å²) in [6, 6.07) is 11.9. The minimum atomic E-state index is -0.0339. The number of amides is 1. The number of para-hydroxylation sites is 1. The number of hydrogen-bond donors (Lipinski definition) is 2. The van der Waals surface area contributed by atoms with Crippen molar-refractivity contribution >= 4 is 23.1 Å². The molecule has 0 unspecified atom stereocenters. The molecule has 0 saturated heterocycles. The van der Waals surface area contributed by atoms with Gasteiger partial charge in [0.15, 0.2) is 0 Å². The van der Waals surface area contributed by atoms with Crippen LogP contribution in [0, 0.1) is 0 Å². The van der Waals surface area contributed by atoms with Crippen molar-refractivity contribution in [1.82, 2.24) is 4.98 Å². The van der Waals surface area contributed by atoms with Crippen LogP contribution in [-0.4, -0.2) is 10.9 Å². The molecule has 21 heavy (non-hydrogen) atoms. The molecule has 0 saturated carbocycles. The van der Waals surface area contributed by atoms with Crippen molar-refractivity contribution in [2.75, 3.05) is 10.6 Å². The van der Waals surface area contributed by atoms with Gasteiger partial charge in [0, 0.05) is 12.1 Å². The SMILES string of the molecule is CCC(=O)Nc1ccc(Nc2ccccc2C(C)C)cn1. The number of anilines is 3. The van der Waals surface area contributed by atoms with Gasteiger partial charge in [-0.05, 0) is 29.7 Å². The monoisotopic (exact) mass is 283 g/mol. The molecule has 2 aromatic rings. The standard InChI is InChI=1S/C17H21N3O/c1-4-17(21)20-16-10-9-13(11-18-16)19-15-8-6-5-7-14(15)12(2)3/h5-12,19H,4H2,1-3H3,(H,18,20,21). The van der Waals surface area contributed by atoms with E-state index in [0.717, 1.165) is 11.4 Å². The molecule has 0 bridgehead atoms. The number of pyridine rings is 1. The van der Waals surface area contributed by atoms with Crippen molar-refractivity contribution in [3.05, 3.63) is 48.2 Å². The molecule has 4 nitrogen and oxygen atoms in total. The van der Waals surface area contributed by atoms with Crippen LogP contribution in [0.3, 0.4) is 0 Å². The van der Waals surface area contributed by atoms with E-state index in [1.165, 1.54) is 5.56 Å². The highest BCUT2D eigenvalue weighted by Crippen LogP contribution is 2.26. The van der Waals surface area contributed by atoms with Gasteiger partial charge in [-0.3, -0.25) is 4.79 Å². The molecular formula is C17H21N3O. The van der Waals surface area contributed by atoms with E-state index in [1.54, 1.807) is 12.3 Å². The molecular weight excluding hydrogens is 262 g/mol. The van der Waals surface area contributed by atoms with Gasteiger partial charge in [-0.25, -0.2) is 4.98 Å². The van der Waals surface area contributed by atoms with Gasteiger partial charge in [0.25, 0.3) is 0 Å².